The predicted molar refractivity (Wildman–Crippen MR) is 95.4 cm³/mol. The summed E-state index contributed by atoms with van der Waals surface area (Å²) >= 11 is 1.44. The van der Waals surface area contributed by atoms with Crippen LogP contribution in [0.4, 0.5) is 0 Å². The van der Waals surface area contributed by atoms with E-state index in [1.165, 1.54) is 22.3 Å². The highest BCUT2D eigenvalue weighted by atomic mass is 32.2. The molecule has 2 aromatic rings. The molecule has 2 aliphatic rings. The number of morpholine rings is 1. The van der Waals surface area contributed by atoms with E-state index in [4.69, 9.17) is 14.2 Å². The third-order valence-corrected chi connectivity index (χ3v) is 6.88. The van der Waals surface area contributed by atoms with Gasteiger partial charge in [0.15, 0.2) is 11.5 Å². The van der Waals surface area contributed by atoms with Crippen LogP contribution in [0.3, 0.4) is 0 Å². The molecule has 4 rings (SSSR count). The number of fused-ring (bicyclic) bond motifs is 1. The number of rotatable bonds is 4. The number of benzene rings is 1. The molecule has 3 heterocycles. The minimum absolute atomic E-state index is 0.200. The number of nitrogens with zero attached hydrogens (tertiary/aromatic N) is 2. The Bertz CT molecular complexity index is 881. The minimum atomic E-state index is -3.52. The molecule has 0 spiro atoms. The molecule has 1 saturated heterocycles. The zero-order valence-electron chi connectivity index (χ0n) is 14.0. The van der Waals surface area contributed by atoms with Crippen LogP contribution in [0.5, 0.6) is 11.5 Å². The number of hydrogen-bond donors (Lipinski definition) is 0. The molecule has 0 atom stereocenters. The third-order valence-electron chi connectivity index (χ3n) is 4.05. The Morgan fingerprint density at radius 3 is 2.46 bits per heavy atom. The highest BCUT2D eigenvalue weighted by Gasteiger charge is 2.26. The summed E-state index contributed by atoms with van der Waals surface area (Å²) in [7, 11) is -3.52. The molecule has 7 nitrogen and oxygen atoms in total. The molecular formula is C17H18N2O5S2. The summed E-state index contributed by atoms with van der Waals surface area (Å²) in [6, 6.07) is 9.01. The normalized spacial score (nSPS) is 17.8. The summed E-state index contributed by atoms with van der Waals surface area (Å²) in [5.74, 6) is 1.45. The van der Waals surface area contributed by atoms with Crippen molar-refractivity contribution in [3.8, 4) is 11.5 Å². The predicted octanol–water partition coefficient (Wildman–Crippen LogP) is 2.02. The van der Waals surface area contributed by atoms with Gasteiger partial charge in [-0.05, 0) is 30.3 Å². The van der Waals surface area contributed by atoms with E-state index in [1.807, 2.05) is 18.2 Å². The molecule has 0 bridgehead atoms. The average molecular weight is 394 g/mol. The smallest absolute Gasteiger partial charge is 0.244 e. The van der Waals surface area contributed by atoms with Crippen molar-refractivity contribution in [3.63, 3.8) is 0 Å². The summed E-state index contributed by atoms with van der Waals surface area (Å²) in [6.45, 7) is 2.68. The van der Waals surface area contributed by atoms with Gasteiger partial charge >= 0.3 is 0 Å². The highest BCUT2D eigenvalue weighted by Crippen LogP contribution is 2.36. The minimum Gasteiger partial charge on any atom is -0.486 e. The quantitative estimate of drug-likeness (QED) is 0.785. The second kappa shape index (κ2) is 7.43. The Kier molecular flexibility index (Phi) is 5.03. The fourth-order valence-electron chi connectivity index (χ4n) is 2.72. The molecule has 0 N–H and O–H groups in total. The number of hydrogen-bond acceptors (Lipinski definition) is 7. The Morgan fingerprint density at radius 2 is 1.73 bits per heavy atom. The van der Waals surface area contributed by atoms with Crippen LogP contribution in [0, 0.1) is 0 Å². The van der Waals surface area contributed by atoms with Crippen molar-refractivity contribution in [1.82, 2.24) is 9.29 Å². The molecule has 0 aliphatic carbocycles. The highest BCUT2D eigenvalue weighted by molar-refractivity contribution is 7.99. The molecule has 9 heteroatoms. The van der Waals surface area contributed by atoms with Crippen LogP contribution >= 0.6 is 11.8 Å². The van der Waals surface area contributed by atoms with Crippen LogP contribution in [0.15, 0.2) is 51.3 Å². The van der Waals surface area contributed by atoms with Gasteiger partial charge in [-0.3, -0.25) is 0 Å². The molecule has 0 radical (unpaired) electrons. The second-order valence-electron chi connectivity index (χ2n) is 5.76. The van der Waals surface area contributed by atoms with Crippen LogP contribution in [0.1, 0.15) is 0 Å². The van der Waals surface area contributed by atoms with Gasteiger partial charge in [-0.25, -0.2) is 13.4 Å². The lowest BCUT2D eigenvalue weighted by atomic mass is 10.3. The van der Waals surface area contributed by atoms with Crippen molar-refractivity contribution in [2.75, 3.05) is 39.5 Å². The van der Waals surface area contributed by atoms with E-state index < -0.39 is 10.0 Å². The molecule has 0 amide bonds. The Labute approximate surface area is 156 Å². The molecule has 1 aromatic carbocycles. The lowest BCUT2D eigenvalue weighted by Crippen LogP contribution is -2.40. The zero-order valence-corrected chi connectivity index (χ0v) is 15.6. The lowest BCUT2D eigenvalue weighted by molar-refractivity contribution is 0.0730. The standard InChI is InChI=1S/C17H18N2O5S2/c20-26(21,19-5-7-22-8-6-19)14-2-4-17(18-12-14)25-13-1-3-15-16(11-13)24-10-9-23-15/h1-4,11-12H,5-10H2. The molecule has 0 saturated carbocycles. The van der Waals surface area contributed by atoms with Gasteiger partial charge in [0.2, 0.25) is 10.0 Å². The topological polar surface area (TPSA) is 78.0 Å². The van der Waals surface area contributed by atoms with Crippen molar-refractivity contribution in [1.29, 1.82) is 0 Å². The molecule has 26 heavy (non-hydrogen) atoms. The van der Waals surface area contributed by atoms with Crippen molar-refractivity contribution in [2.24, 2.45) is 0 Å². The fourth-order valence-corrected chi connectivity index (χ4v) is 4.86. The van der Waals surface area contributed by atoms with Crippen molar-refractivity contribution in [2.45, 2.75) is 14.8 Å². The molecule has 1 fully saturated rings. The van der Waals surface area contributed by atoms with E-state index in [-0.39, 0.29) is 4.90 Å². The first kappa shape index (κ1) is 17.6. The van der Waals surface area contributed by atoms with E-state index in [2.05, 4.69) is 4.98 Å². The first-order chi connectivity index (χ1) is 12.6. The number of ether oxygens (including phenoxy) is 3. The largest absolute Gasteiger partial charge is 0.486 e. The number of sulfonamides is 1. The van der Waals surface area contributed by atoms with Crippen LogP contribution in [0.25, 0.3) is 0 Å². The van der Waals surface area contributed by atoms with Crippen LogP contribution in [-0.2, 0) is 14.8 Å². The van der Waals surface area contributed by atoms with Crippen molar-refractivity contribution < 1.29 is 22.6 Å². The summed E-state index contributed by atoms with van der Waals surface area (Å²) in [5.41, 5.74) is 0. The SMILES string of the molecule is O=S(=O)(c1ccc(Sc2ccc3c(c2)OCCO3)nc1)N1CCOCC1. The van der Waals surface area contributed by atoms with Gasteiger partial charge in [-0.15, -0.1) is 0 Å². The number of pyridine rings is 1. The van der Waals surface area contributed by atoms with Gasteiger partial charge in [-0.1, -0.05) is 11.8 Å². The summed E-state index contributed by atoms with van der Waals surface area (Å²) in [6.07, 6.45) is 1.41. The van der Waals surface area contributed by atoms with Gasteiger partial charge in [0, 0.05) is 24.2 Å². The van der Waals surface area contributed by atoms with Gasteiger partial charge in [-0.2, -0.15) is 4.31 Å². The average Bonchev–Trinajstić information content (AvgIpc) is 2.69. The number of aromatic nitrogens is 1. The first-order valence-electron chi connectivity index (χ1n) is 8.24. The van der Waals surface area contributed by atoms with Gasteiger partial charge in [0.1, 0.15) is 23.1 Å². The summed E-state index contributed by atoms with van der Waals surface area (Å²) in [5, 5.41) is 0.711. The molecule has 1 aromatic heterocycles. The van der Waals surface area contributed by atoms with Crippen LogP contribution in [0.2, 0.25) is 0 Å². The molecule has 138 valence electrons. The molecular weight excluding hydrogens is 376 g/mol. The summed E-state index contributed by atoms with van der Waals surface area (Å²) < 4.78 is 43.0. The van der Waals surface area contributed by atoms with Crippen molar-refractivity contribution in [3.05, 3.63) is 36.5 Å². The lowest BCUT2D eigenvalue weighted by Gasteiger charge is -2.25. The van der Waals surface area contributed by atoms with Gasteiger partial charge < -0.3 is 14.2 Å². The van der Waals surface area contributed by atoms with Crippen molar-refractivity contribution >= 4 is 21.8 Å². The Morgan fingerprint density at radius 1 is 0.962 bits per heavy atom. The fraction of sp³-hybridized carbons (Fsp3) is 0.353. The van der Waals surface area contributed by atoms with E-state index >= 15 is 0 Å². The Balaban J connectivity index is 1.49. The van der Waals surface area contributed by atoms with Gasteiger partial charge in [0.05, 0.1) is 13.2 Å². The van der Waals surface area contributed by atoms with E-state index in [0.717, 1.165) is 10.6 Å². The molecule has 2 aliphatic heterocycles. The Hall–Kier alpha value is -1.81. The maximum absolute atomic E-state index is 12.6. The van der Waals surface area contributed by atoms with E-state index in [9.17, 15) is 8.42 Å². The second-order valence-corrected chi connectivity index (χ2v) is 8.79. The zero-order chi connectivity index (χ0) is 18.0. The summed E-state index contributed by atoms with van der Waals surface area (Å²) in [4.78, 5) is 5.45. The monoisotopic (exact) mass is 394 g/mol. The maximum atomic E-state index is 12.6. The molecule has 0 unspecified atom stereocenters. The maximum Gasteiger partial charge on any atom is 0.244 e. The van der Waals surface area contributed by atoms with Crippen LogP contribution in [-0.4, -0.2) is 57.2 Å². The third kappa shape index (κ3) is 3.66. The van der Waals surface area contributed by atoms with Crippen LogP contribution < -0.4 is 9.47 Å². The van der Waals surface area contributed by atoms with Gasteiger partial charge in [0.25, 0.3) is 0 Å². The van der Waals surface area contributed by atoms with E-state index in [1.54, 1.807) is 12.1 Å². The first-order valence-corrected chi connectivity index (χ1v) is 10.5. The van der Waals surface area contributed by atoms with E-state index in [0.29, 0.717) is 50.3 Å².